The number of benzene rings is 10. The van der Waals surface area contributed by atoms with Crippen molar-refractivity contribution in [2.75, 3.05) is 56.8 Å². The van der Waals surface area contributed by atoms with Crippen LogP contribution >= 0.6 is 31.9 Å². The van der Waals surface area contributed by atoms with Gasteiger partial charge in [-0.3, -0.25) is 57.8 Å². The van der Waals surface area contributed by atoms with Crippen molar-refractivity contribution in [1.29, 1.82) is 10.5 Å². The quantitative estimate of drug-likeness (QED) is 0.0417. The molecule has 13 aromatic rings. The molecule has 8 heterocycles. The molecule has 0 saturated heterocycles. The molecule has 10 aromatic carbocycles. The summed E-state index contributed by atoms with van der Waals surface area (Å²) in [5.41, 5.74) is 33.7. The second kappa shape index (κ2) is 54.5. The number of benzodiazepines with no additional fused rings is 2. The maximum atomic E-state index is 12.4. The number of hydrogen-bond acceptors (Lipinski definition) is 22. The fraction of sp³-hybridized carbons (Fsp3) is 0.222. The summed E-state index contributed by atoms with van der Waals surface area (Å²) >= 11 is 7.01. The van der Waals surface area contributed by atoms with E-state index in [1.165, 1.54) is 0 Å². The topological polar surface area (TPSA) is 353 Å². The van der Waals surface area contributed by atoms with Crippen molar-refractivity contribution >= 4 is 138 Å². The minimum absolute atomic E-state index is 0.0884. The number of ether oxygens (including phenoxy) is 5. The highest BCUT2D eigenvalue weighted by Crippen LogP contribution is 2.35. The molecule has 18 rings (SSSR count). The van der Waals surface area contributed by atoms with Crippen LogP contribution in [0, 0.1) is 69.9 Å². The van der Waals surface area contributed by atoms with Gasteiger partial charge in [0.25, 0.3) is 0 Å². The summed E-state index contributed by atoms with van der Waals surface area (Å²) in [5.74, 6) is 6.95. The fourth-order valence-corrected chi connectivity index (χ4v) is 16.6. The number of aromatic nitrogens is 6. The fourth-order valence-electron chi connectivity index (χ4n) is 14.9. The molecule has 0 radical (unpaired) electrons. The monoisotopic (exact) mass is 2160 g/mol. The maximum absolute atomic E-state index is 12.4. The first-order valence-electron chi connectivity index (χ1n) is 48.0. The van der Waals surface area contributed by atoms with Crippen LogP contribution in [0.15, 0.2) is 296 Å². The van der Waals surface area contributed by atoms with Crippen LogP contribution in [0.2, 0.25) is 58.9 Å². The highest BCUT2D eigenvalue weighted by atomic mass is 79.9. The van der Waals surface area contributed by atoms with Gasteiger partial charge in [-0.15, -0.1) is 29.5 Å². The van der Waals surface area contributed by atoms with E-state index >= 15 is 0 Å². The van der Waals surface area contributed by atoms with E-state index in [1.807, 2.05) is 250 Å². The minimum atomic E-state index is -1.50. The average Bonchev–Trinajstić information content (AvgIpc) is 1.61. The van der Waals surface area contributed by atoms with E-state index in [2.05, 4.69) is 176 Å². The number of nitriles is 2. The largest absolute Gasteiger partial charge is 0.465 e. The molecule has 0 unspecified atom stereocenters. The second-order valence-corrected chi connectivity index (χ2v) is 52.2. The third kappa shape index (κ3) is 31.9. The SMILES string of the molecule is C#C[Si](C)(C)C.C#Cc1ccc2c(c1)C(c1ccccc1)=NCc1c(C(=O)OCC)ncn1-2.CCOC(=O)CC#N.CCOC(=O)CC#N.CCOC(=O)c1ncn2c1CN=C(c1ccccc1)c1cc(Br)ccc1-2.CCOC(=O)c1ncn2c1CN=C(c1ccccc1)c1cc(C#C[Si](C)(C)C)ccc1-2.C[Si](C)(C)C#Cc1ccc2c(c1)C(c1ccccc1)=NCC(=O)N2.O=C1CN=C(c2ccccc2)c2cc(Br)ccc2N1. The summed E-state index contributed by atoms with van der Waals surface area (Å²) in [5, 5.41) is 21.6. The molecule has 0 spiro atoms. The van der Waals surface area contributed by atoms with Crippen LogP contribution in [-0.4, -0.2) is 169 Å². The number of anilines is 2. The molecule has 5 aliphatic heterocycles. The highest BCUT2D eigenvalue weighted by Gasteiger charge is 2.31. The Balaban J connectivity index is 0.000000169. The molecule has 2 amide bonds. The molecule has 27 nitrogen and oxygen atoms in total. The molecular formula is C117H113Br2N15O12Si3. The lowest BCUT2D eigenvalue weighted by Crippen LogP contribution is -2.16. The summed E-state index contributed by atoms with van der Waals surface area (Å²) in [6.45, 7) is 31.5. The first-order valence-corrected chi connectivity index (χ1v) is 60.1. The zero-order valence-corrected chi connectivity index (χ0v) is 91.6. The van der Waals surface area contributed by atoms with E-state index in [0.29, 0.717) is 75.4 Å². The van der Waals surface area contributed by atoms with Gasteiger partial charge in [0.05, 0.1) is 139 Å². The number of carbonyl (C=O) groups excluding carboxylic acids is 7. The van der Waals surface area contributed by atoms with E-state index < -0.39 is 54.1 Å². The first-order chi connectivity index (χ1) is 71.6. The van der Waals surface area contributed by atoms with E-state index in [1.54, 1.807) is 65.7 Å². The van der Waals surface area contributed by atoms with Gasteiger partial charge in [-0.2, -0.15) is 10.5 Å². The van der Waals surface area contributed by atoms with Gasteiger partial charge in [0.15, 0.2) is 17.1 Å². The molecule has 0 bridgehead atoms. The van der Waals surface area contributed by atoms with Gasteiger partial charge in [0.2, 0.25) is 11.8 Å². The minimum Gasteiger partial charge on any atom is -0.465 e. The molecule has 5 aliphatic rings. The normalized spacial score (nSPS) is 12.3. The molecular weight excluding hydrogens is 2050 g/mol. The Hall–Kier alpha value is -16.7. The van der Waals surface area contributed by atoms with Gasteiger partial charge in [-0.1, -0.05) is 260 Å². The zero-order chi connectivity index (χ0) is 107. The van der Waals surface area contributed by atoms with Crippen molar-refractivity contribution in [2.45, 2.75) is 126 Å². The molecule has 32 heteroatoms. The third-order valence-corrected chi connectivity index (χ3v) is 25.1. The van der Waals surface area contributed by atoms with Crippen LogP contribution < -0.4 is 10.6 Å². The Labute approximate surface area is 888 Å². The summed E-state index contributed by atoms with van der Waals surface area (Å²) in [7, 11) is -4.04. The van der Waals surface area contributed by atoms with Crippen molar-refractivity contribution < 1.29 is 57.2 Å². The van der Waals surface area contributed by atoms with Crippen LogP contribution in [0.5, 0.6) is 0 Å². The maximum Gasteiger partial charge on any atom is 0.358 e. The van der Waals surface area contributed by atoms with Crippen LogP contribution in [0.3, 0.4) is 0 Å². The van der Waals surface area contributed by atoms with Crippen LogP contribution in [0.25, 0.3) is 17.1 Å². The number of esters is 5. The molecule has 0 fully saturated rings. The van der Waals surface area contributed by atoms with Crippen LogP contribution in [0.4, 0.5) is 11.4 Å². The van der Waals surface area contributed by atoms with Gasteiger partial charge in [0.1, 0.15) is 69.1 Å². The standard InChI is InChI=1S/C25H25N3O2Si.C22H17N3O2.C20H16BrN3O2.C20H20N2OSi.C15H11BrN2O.2C5H7NO2.C5H10Si/c1-5-30-25(29)24-22-16-26-23(19-9-7-6-8-10-19)20-15-18(13-14-31(2,3)4)11-12-21(20)28(22)17-27-24;1-3-15-10-11-18-17(12-15)20(16-8-6-5-7-9-16)23-13-19-21(22(26)27-4-2)24-14-25(18)19;1-2-26-20(25)19-17-11-22-18(13-6-4-3-5-7-13)15-10-14(21)8-9-16(15)24(17)12-23-19;1-24(2,3)12-11-15-9-10-18-17(13-15)20(21-14-19(23)22-18)16-7-5-4-6-8-16;16-11-6-7-13-12(8-11)15(17-9-14(19)18-13)10-4-2-1-3-5-10;2*1-2-8-5(7)3-4-6;1-5-6(2,3)4/h6-12,15,17H,5,16H2,1-4H3;1,5-12,14H,4,13H2,2H3;3-10,12H,2,11H2,1H3;4-10,13H,14H2,1-3H3,(H,22,23);1-8H,9H2,(H,18,19);2*2-3H2,1H3;1H,2-4H3. The predicted molar refractivity (Wildman–Crippen MR) is 600 cm³/mol. The Morgan fingerprint density at radius 2 is 0.624 bits per heavy atom. The van der Waals surface area contributed by atoms with Gasteiger partial charge >= 0.3 is 29.8 Å². The number of hydrogen-bond donors (Lipinski definition) is 2. The smallest absolute Gasteiger partial charge is 0.358 e. The lowest BCUT2D eigenvalue weighted by molar-refractivity contribution is -0.142. The summed E-state index contributed by atoms with van der Waals surface area (Å²) in [6, 6.07) is 82.9. The Morgan fingerprint density at radius 3 is 0.940 bits per heavy atom. The highest BCUT2D eigenvalue weighted by molar-refractivity contribution is 9.10. The number of carbonyl (C=O) groups is 7. The Kier molecular flexibility index (Phi) is 41.2. The number of terminal acetylenes is 2. The molecule has 0 aliphatic carbocycles. The number of imidazole rings is 3. The van der Waals surface area contributed by atoms with Gasteiger partial charge in [-0.25, -0.2) is 29.3 Å². The number of fused-ring (bicyclic) bond motifs is 11. The average molecular weight is 2170 g/mol. The Morgan fingerprint density at radius 1 is 0.356 bits per heavy atom. The molecule has 754 valence electrons. The lowest BCUT2D eigenvalue weighted by atomic mass is 9.98. The number of aliphatic imine (C=N–C) groups is 5. The van der Waals surface area contributed by atoms with Crippen LogP contribution in [0.1, 0.15) is 168 Å². The van der Waals surface area contributed by atoms with E-state index in [9.17, 15) is 33.6 Å². The van der Waals surface area contributed by atoms with Crippen molar-refractivity contribution in [3.63, 3.8) is 0 Å². The summed E-state index contributed by atoms with van der Waals surface area (Å²) < 4.78 is 32.0. The third-order valence-electron chi connectivity index (χ3n) is 21.5. The summed E-state index contributed by atoms with van der Waals surface area (Å²) in [4.78, 5) is 117. The second-order valence-electron chi connectivity index (χ2n) is 36.0. The lowest BCUT2D eigenvalue weighted by Gasteiger charge is -2.12. The molecule has 149 heavy (non-hydrogen) atoms. The van der Waals surface area contributed by atoms with E-state index in [0.717, 1.165) is 150 Å². The molecule has 0 saturated carbocycles. The zero-order valence-electron chi connectivity index (χ0n) is 85.4. The van der Waals surface area contributed by atoms with Crippen molar-refractivity contribution in [1.82, 2.24) is 28.7 Å². The predicted octanol–water partition coefficient (Wildman–Crippen LogP) is 21.5. The summed E-state index contributed by atoms with van der Waals surface area (Å²) in [6.07, 6.45) is 15.4. The Bertz CT molecular complexity index is 7530. The van der Waals surface area contributed by atoms with Gasteiger partial charge < -0.3 is 34.3 Å². The number of nitrogens with one attached hydrogen (secondary N) is 2. The van der Waals surface area contributed by atoms with Gasteiger partial charge in [-0.05, 0) is 126 Å². The number of amides is 2. The number of rotatable bonds is 15. The molecule has 3 aromatic heterocycles. The van der Waals surface area contributed by atoms with Crippen molar-refractivity contribution in [3.05, 3.63) is 377 Å². The van der Waals surface area contributed by atoms with Gasteiger partial charge in [0, 0.05) is 81.3 Å². The molecule has 2 N–H and O–H groups in total. The van der Waals surface area contributed by atoms with E-state index in [4.69, 9.17) is 52.6 Å². The van der Waals surface area contributed by atoms with Crippen LogP contribution in [-0.2, 0) is 62.5 Å². The number of nitrogens with zero attached hydrogens (tertiary/aromatic N) is 13. The van der Waals surface area contributed by atoms with Crippen molar-refractivity contribution in [2.24, 2.45) is 25.0 Å². The molecule has 0 atom stereocenters. The van der Waals surface area contributed by atoms with E-state index in [-0.39, 0.29) is 37.7 Å². The first kappa shape index (κ1) is 113. The van der Waals surface area contributed by atoms with Crippen molar-refractivity contribution in [3.8, 4) is 76.4 Å². The number of halogens is 2.